The molecule has 3 amide bonds. The Labute approximate surface area is 122 Å². The number of rotatable bonds is 6. The van der Waals surface area contributed by atoms with Gasteiger partial charge in [0, 0.05) is 31.6 Å². The molecule has 5 nitrogen and oxygen atoms in total. The Morgan fingerprint density at radius 1 is 1.30 bits per heavy atom. The second-order valence-corrected chi connectivity index (χ2v) is 6.16. The van der Waals surface area contributed by atoms with E-state index in [2.05, 4.69) is 10.6 Å². The van der Waals surface area contributed by atoms with Gasteiger partial charge in [-0.25, -0.2) is 4.79 Å². The Balaban J connectivity index is 2.17. The molecular formula is C15H29N3O2. The first-order chi connectivity index (χ1) is 9.44. The number of hydrogen-bond donors (Lipinski definition) is 2. The van der Waals surface area contributed by atoms with Gasteiger partial charge in [0.25, 0.3) is 0 Å². The van der Waals surface area contributed by atoms with Gasteiger partial charge in [-0.1, -0.05) is 13.3 Å². The summed E-state index contributed by atoms with van der Waals surface area (Å²) in [5.41, 5.74) is -0.176. The first-order valence-electron chi connectivity index (χ1n) is 7.78. The van der Waals surface area contributed by atoms with Crippen LogP contribution in [-0.4, -0.2) is 42.0 Å². The van der Waals surface area contributed by atoms with Crippen molar-refractivity contribution in [2.75, 3.05) is 19.6 Å². The van der Waals surface area contributed by atoms with Crippen LogP contribution in [0.25, 0.3) is 0 Å². The minimum atomic E-state index is -0.176. The largest absolute Gasteiger partial charge is 0.343 e. The van der Waals surface area contributed by atoms with Crippen LogP contribution in [0, 0.1) is 0 Å². The van der Waals surface area contributed by atoms with Gasteiger partial charge < -0.3 is 15.5 Å². The van der Waals surface area contributed by atoms with Crippen molar-refractivity contribution >= 4 is 11.9 Å². The summed E-state index contributed by atoms with van der Waals surface area (Å²) < 4.78 is 0. The molecule has 116 valence electrons. The minimum absolute atomic E-state index is 0.126. The van der Waals surface area contributed by atoms with Crippen LogP contribution in [0.5, 0.6) is 0 Å². The molecule has 1 rings (SSSR count). The fraction of sp³-hybridized carbons (Fsp3) is 0.867. The molecule has 0 radical (unpaired) electrons. The summed E-state index contributed by atoms with van der Waals surface area (Å²) in [6.45, 7) is 8.27. The first kappa shape index (κ1) is 16.8. The zero-order valence-corrected chi connectivity index (χ0v) is 13.1. The van der Waals surface area contributed by atoms with E-state index in [1.807, 2.05) is 25.7 Å². The van der Waals surface area contributed by atoms with Gasteiger partial charge in [0.05, 0.1) is 0 Å². The Hall–Kier alpha value is -1.26. The number of carbonyl (C=O) groups is 2. The number of nitrogens with one attached hydrogen (secondary N) is 2. The van der Waals surface area contributed by atoms with Crippen LogP contribution in [0.4, 0.5) is 4.79 Å². The molecular weight excluding hydrogens is 254 g/mol. The SMILES string of the molecule is CCC(C)(C)NC(=O)NCCCN1CCCCCC1=O. The lowest BCUT2D eigenvalue weighted by atomic mass is 10.0. The predicted molar refractivity (Wildman–Crippen MR) is 80.6 cm³/mol. The molecule has 2 N–H and O–H groups in total. The second-order valence-electron chi connectivity index (χ2n) is 6.16. The highest BCUT2D eigenvalue weighted by Crippen LogP contribution is 2.11. The van der Waals surface area contributed by atoms with Crippen LogP contribution in [0.2, 0.25) is 0 Å². The van der Waals surface area contributed by atoms with E-state index in [1.54, 1.807) is 0 Å². The van der Waals surface area contributed by atoms with Crippen LogP contribution in [0.3, 0.4) is 0 Å². The topological polar surface area (TPSA) is 61.4 Å². The van der Waals surface area contributed by atoms with E-state index in [4.69, 9.17) is 0 Å². The zero-order valence-electron chi connectivity index (χ0n) is 13.1. The fourth-order valence-electron chi connectivity index (χ4n) is 2.19. The van der Waals surface area contributed by atoms with E-state index in [-0.39, 0.29) is 17.5 Å². The van der Waals surface area contributed by atoms with Crippen molar-refractivity contribution < 1.29 is 9.59 Å². The lowest BCUT2D eigenvalue weighted by Crippen LogP contribution is -2.48. The summed E-state index contributed by atoms with van der Waals surface area (Å²) in [6, 6.07) is -0.126. The van der Waals surface area contributed by atoms with Gasteiger partial charge in [-0.15, -0.1) is 0 Å². The van der Waals surface area contributed by atoms with Crippen LogP contribution in [0.1, 0.15) is 59.3 Å². The van der Waals surface area contributed by atoms with Crippen LogP contribution >= 0.6 is 0 Å². The molecule has 1 fully saturated rings. The third-order valence-corrected chi connectivity index (χ3v) is 3.90. The third kappa shape index (κ3) is 6.26. The number of amides is 3. The molecule has 0 aromatic rings. The average molecular weight is 283 g/mol. The van der Waals surface area contributed by atoms with E-state index in [9.17, 15) is 9.59 Å². The standard InChI is InChI=1S/C15H29N3O2/c1-4-15(2,3)17-14(20)16-10-8-12-18-11-7-5-6-9-13(18)19/h4-12H2,1-3H3,(H2,16,17,20). The number of carbonyl (C=O) groups excluding carboxylic acids is 2. The maximum Gasteiger partial charge on any atom is 0.315 e. The van der Waals surface area contributed by atoms with E-state index in [0.717, 1.165) is 45.2 Å². The fourth-order valence-corrected chi connectivity index (χ4v) is 2.19. The summed E-state index contributed by atoms with van der Waals surface area (Å²) in [6.07, 6.45) is 5.65. The Kier molecular flexibility index (Phi) is 6.82. The van der Waals surface area contributed by atoms with Crippen LogP contribution in [0.15, 0.2) is 0 Å². The van der Waals surface area contributed by atoms with E-state index >= 15 is 0 Å². The van der Waals surface area contributed by atoms with Crippen molar-refractivity contribution in [2.45, 2.75) is 64.8 Å². The van der Waals surface area contributed by atoms with Crippen molar-refractivity contribution in [1.82, 2.24) is 15.5 Å². The summed E-state index contributed by atoms with van der Waals surface area (Å²) in [5, 5.41) is 5.79. The van der Waals surface area contributed by atoms with Gasteiger partial charge in [-0.05, 0) is 39.5 Å². The molecule has 0 aliphatic carbocycles. The summed E-state index contributed by atoms with van der Waals surface area (Å²) in [7, 11) is 0. The monoisotopic (exact) mass is 283 g/mol. The Morgan fingerprint density at radius 2 is 2.05 bits per heavy atom. The number of urea groups is 1. The van der Waals surface area contributed by atoms with Crippen LogP contribution in [-0.2, 0) is 4.79 Å². The molecule has 0 unspecified atom stereocenters. The molecule has 0 spiro atoms. The molecule has 0 bridgehead atoms. The second kappa shape index (κ2) is 8.12. The lowest BCUT2D eigenvalue weighted by Gasteiger charge is -2.25. The Bertz CT molecular complexity index is 329. The molecule has 1 saturated heterocycles. The Morgan fingerprint density at radius 3 is 2.75 bits per heavy atom. The number of hydrogen-bond acceptors (Lipinski definition) is 2. The maximum atomic E-state index is 11.8. The van der Waals surface area contributed by atoms with Gasteiger partial charge >= 0.3 is 6.03 Å². The molecule has 1 heterocycles. The molecule has 20 heavy (non-hydrogen) atoms. The molecule has 0 aromatic heterocycles. The highest BCUT2D eigenvalue weighted by Gasteiger charge is 2.18. The zero-order chi connectivity index (χ0) is 15.0. The van der Waals surface area contributed by atoms with Gasteiger partial charge in [0.15, 0.2) is 0 Å². The van der Waals surface area contributed by atoms with Crippen molar-refractivity contribution in [2.24, 2.45) is 0 Å². The van der Waals surface area contributed by atoms with Crippen molar-refractivity contribution in [3.05, 3.63) is 0 Å². The van der Waals surface area contributed by atoms with Gasteiger partial charge in [-0.2, -0.15) is 0 Å². The lowest BCUT2D eigenvalue weighted by molar-refractivity contribution is -0.130. The number of likely N-dealkylation sites (tertiary alicyclic amines) is 1. The highest BCUT2D eigenvalue weighted by atomic mass is 16.2. The van der Waals surface area contributed by atoms with Gasteiger partial charge in [-0.3, -0.25) is 4.79 Å². The third-order valence-electron chi connectivity index (χ3n) is 3.90. The average Bonchev–Trinajstić information content (AvgIpc) is 2.59. The summed E-state index contributed by atoms with van der Waals surface area (Å²) >= 11 is 0. The number of nitrogens with zero attached hydrogens (tertiary/aromatic N) is 1. The molecule has 5 heteroatoms. The summed E-state index contributed by atoms with van der Waals surface area (Å²) in [5.74, 6) is 0.263. The summed E-state index contributed by atoms with van der Waals surface area (Å²) in [4.78, 5) is 25.4. The quantitative estimate of drug-likeness (QED) is 0.735. The minimum Gasteiger partial charge on any atom is -0.343 e. The van der Waals surface area contributed by atoms with E-state index < -0.39 is 0 Å². The highest BCUT2D eigenvalue weighted by molar-refractivity contribution is 5.76. The predicted octanol–water partition coefficient (Wildman–Crippen LogP) is 2.27. The van der Waals surface area contributed by atoms with Crippen molar-refractivity contribution in [1.29, 1.82) is 0 Å². The molecule has 1 aliphatic heterocycles. The van der Waals surface area contributed by atoms with Gasteiger partial charge in [0.1, 0.15) is 0 Å². The molecule has 1 aliphatic rings. The van der Waals surface area contributed by atoms with Crippen molar-refractivity contribution in [3.8, 4) is 0 Å². The van der Waals surface area contributed by atoms with Crippen LogP contribution < -0.4 is 10.6 Å². The first-order valence-corrected chi connectivity index (χ1v) is 7.78. The van der Waals surface area contributed by atoms with Gasteiger partial charge in [0.2, 0.25) is 5.91 Å². The van der Waals surface area contributed by atoms with Crippen molar-refractivity contribution in [3.63, 3.8) is 0 Å². The normalized spacial score (nSPS) is 16.8. The molecule has 0 aromatic carbocycles. The molecule has 0 atom stereocenters. The smallest absolute Gasteiger partial charge is 0.315 e. The van der Waals surface area contributed by atoms with E-state index in [1.165, 1.54) is 0 Å². The van der Waals surface area contributed by atoms with E-state index in [0.29, 0.717) is 13.0 Å². The maximum absolute atomic E-state index is 11.8. The molecule has 0 saturated carbocycles.